The van der Waals surface area contributed by atoms with Crippen molar-refractivity contribution < 1.29 is 9.59 Å². The normalized spacial score (nSPS) is 16.3. The first kappa shape index (κ1) is 36.2. The summed E-state index contributed by atoms with van der Waals surface area (Å²) in [7, 11) is 0. The Morgan fingerprint density at radius 1 is 0.786 bits per heavy atom. The number of aromatic amines is 1. The van der Waals surface area contributed by atoms with E-state index in [0.29, 0.717) is 13.0 Å². The van der Waals surface area contributed by atoms with Crippen LogP contribution in [0.3, 0.4) is 0 Å². The van der Waals surface area contributed by atoms with Crippen molar-refractivity contribution >= 4 is 11.8 Å². The van der Waals surface area contributed by atoms with Crippen molar-refractivity contribution in [1.82, 2.24) is 41.5 Å². The number of carbonyl (C=O) groups is 2. The zero-order valence-corrected chi connectivity index (χ0v) is 26.6. The van der Waals surface area contributed by atoms with Gasteiger partial charge >= 0.3 is 0 Å². The average Bonchev–Trinajstić information content (AvgIpc) is 3.49. The molecule has 42 heavy (non-hydrogen) atoms. The van der Waals surface area contributed by atoms with Gasteiger partial charge in [0, 0.05) is 77.2 Å². The van der Waals surface area contributed by atoms with Gasteiger partial charge in [-0.2, -0.15) is 0 Å². The lowest BCUT2D eigenvalue weighted by atomic mass is 10.0. The third-order valence-electron chi connectivity index (χ3n) is 7.99. The van der Waals surface area contributed by atoms with Crippen molar-refractivity contribution in [3.05, 3.63) is 18.2 Å². The molecule has 6 N–H and O–H groups in total. The standard InChI is InChI=1S/C32H62N8O2/c1-2-3-4-5-6-7-8-9-10-11-12-13-14-15-16-37-32(42)30(25-29-26-36-28-38-29)39-31(41)27-40-23-21-34-19-17-33-18-20-35-22-24-40/h26,28,30,33-35H,2-25,27H2,1H3,(H,36,38)(H,37,42)(H,39,41)/t30-/m0/s1. The van der Waals surface area contributed by atoms with Gasteiger partial charge in [0.2, 0.25) is 11.8 Å². The molecule has 1 aliphatic heterocycles. The number of amides is 2. The van der Waals surface area contributed by atoms with Crippen LogP contribution >= 0.6 is 0 Å². The number of aromatic nitrogens is 2. The van der Waals surface area contributed by atoms with E-state index >= 15 is 0 Å². The molecule has 1 fully saturated rings. The van der Waals surface area contributed by atoms with Gasteiger partial charge in [-0.05, 0) is 6.42 Å². The second-order valence-electron chi connectivity index (χ2n) is 11.8. The van der Waals surface area contributed by atoms with Crippen LogP contribution in [0.15, 0.2) is 12.5 Å². The van der Waals surface area contributed by atoms with Crippen molar-refractivity contribution in [2.75, 3.05) is 65.4 Å². The number of H-pyrrole nitrogens is 1. The quantitative estimate of drug-likeness (QED) is 0.122. The van der Waals surface area contributed by atoms with Gasteiger partial charge in [0.15, 0.2) is 0 Å². The Balaban J connectivity index is 1.63. The summed E-state index contributed by atoms with van der Waals surface area (Å²) in [6.07, 6.45) is 22.1. The monoisotopic (exact) mass is 590 g/mol. The fraction of sp³-hybridized carbons (Fsp3) is 0.844. The molecule has 1 aromatic rings. The summed E-state index contributed by atoms with van der Waals surface area (Å²) in [6.45, 7) is 10.1. The lowest BCUT2D eigenvalue weighted by Crippen LogP contribution is -2.52. The summed E-state index contributed by atoms with van der Waals surface area (Å²) >= 11 is 0. The number of unbranched alkanes of at least 4 members (excludes halogenated alkanes) is 13. The SMILES string of the molecule is CCCCCCCCCCCCCCCCNC(=O)[C@H](Cc1cnc[nH]1)NC(=O)CN1CCNCCNCCNCC1. The molecule has 1 atom stereocenters. The number of nitrogens with zero attached hydrogens (tertiary/aromatic N) is 2. The molecule has 0 unspecified atom stereocenters. The highest BCUT2D eigenvalue weighted by Gasteiger charge is 2.22. The highest BCUT2D eigenvalue weighted by molar-refractivity contribution is 5.88. The molecule has 1 aliphatic rings. The van der Waals surface area contributed by atoms with E-state index in [1.54, 1.807) is 12.5 Å². The van der Waals surface area contributed by atoms with Gasteiger partial charge < -0.3 is 31.6 Å². The Bertz CT molecular complexity index is 765. The summed E-state index contributed by atoms with van der Waals surface area (Å²) in [5, 5.41) is 16.3. The zero-order chi connectivity index (χ0) is 29.9. The summed E-state index contributed by atoms with van der Waals surface area (Å²) in [4.78, 5) is 35.4. The number of rotatable bonds is 21. The number of hydrogen-bond acceptors (Lipinski definition) is 7. The van der Waals surface area contributed by atoms with Crippen LogP contribution in [0.1, 0.15) is 103 Å². The molecule has 10 nitrogen and oxygen atoms in total. The minimum atomic E-state index is -0.626. The van der Waals surface area contributed by atoms with Crippen LogP contribution in [0.4, 0.5) is 0 Å². The van der Waals surface area contributed by atoms with E-state index < -0.39 is 6.04 Å². The first-order chi connectivity index (χ1) is 20.7. The Labute approximate surface area is 255 Å². The molecule has 1 aromatic heterocycles. The van der Waals surface area contributed by atoms with Crippen molar-refractivity contribution in [1.29, 1.82) is 0 Å². The molecular weight excluding hydrogens is 528 g/mol. The number of nitrogens with one attached hydrogen (secondary N) is 6. The molecule has 0 radical (unpaired) electrons. The molecule has 10 heteroatoms. The van der Waals surface area contributed by atoms with E-state index in [4.69, 9.17) is 0 Å². The van der Waals surface area contributed by atoms with Crippen molar-refractivity contribution in [2.45, 2.75) is 109 Å². The van der Waals surface area contributed by atoms with Gasteiger partial charge in [0.25, 0.3) is 0 Å². The molecular formula is C32H62N8O2. The zero-order valence-electron chi connectivity index (χ0n) is 26.6. The fourth-order valence-corrected chi connectivity index (χ4v) is 5.40. The van der Waals surface area contributed by atoms with Crippen LogP contribution < -0.4 is 26.6 Å². The highest BCUT2D eigenvalue weighted by Crippen LogP contribution is 2.13. The van der Waals surface area contributed by atoms with Crippen molar-refractivity contribution in [3.8, 4) is 0 Å². The van der Waals surface area contributed by atoms with Crippen LogP contribution in [-0.2, 0) is 16.0 Å². The van der Waals surface area contributed by atoms with Crippen LogP contribution in [-0.4, -0.2) is 98.2 Å². The van der Waals surface area contributed by atoms with Crippen LogP contribution in [0, 0.1) is 0 Å². The Hall–Kier alpha value is -2.01. The maximum atomic E-state index is 13.1. The minimum Gasteiger partial charge on any atom is -0.354 e. The number of hydrogen-bond donors (Lipinski definition) is 6. The number of carbonyl (C=O) groups excluding carboxylic acids is 2. The summed E-state index contributed by atoms with van der Waals surface area (Å²) in [6, 6.07) is -0.626. The van der Waals surface area contributed by atoms with Crippen LogP contribution in [0.25, 0.3) is 0 Å². The lowest BCUT2D eigenvalue weighted by Gasteiger charge is -2.25. The van der Waals surface area contributed by atoms with Gasteiger partial charge in [-0.3, -0.25) is 14.5 Å². The molecule has 1 saturated heterocycles. The molecule has 2 heterocycles. The van der Waals surface area contributed by atoms with Gasteiger partial charge in [-0.1, -0.05) is 90.4 Å². The highest BCUT2D eigenvalue weighted by atomic mass is 16.2. The minimum absolute atomic E-state index is 0.125. The molecule has 0 aliphatic carbocycles. The van der Waals surface area contributed by atoms with E-state index in [1.807, 2.05) is 0 Å². The van der Waals surface area contributed by atoms with E-state index in [1.165, 1.54) is 77.0 Å². The van der Waals surface area contributed by atoms with E-state index in [0.717, 1.165) is 70.9 Å². The topological polar surface area (TPSA) is 126 Å². The Morgan fingerprint density at radius 3 is 1.83 bits per heavy atom. The van der Waals surface area contributed by atoms with Gasteiger partial charge in [-0.15, -0.1) is 0 Å². The molecule has 0 aromatic carbocycles. The Kier molecular flexibility index (Phi) is 22.0. The third-order valence-corrected chi connectivity index (χ3v) is 7.99. The molecule has 0 bridgehead atoms. The fourth-order valence-electron chi connectivity index (χ4n) is 5.40. The Morgan fingerprint density at radius 2 is 1.31 bits per heavy atom. The summed E-state index contributed by atoms with van der Waals surface area (Å²) in [5.41, 5.74) is 0.834. The molecule has 0 spiro atoms. The summed E-state index contributed by atoms with van der Waals surface area (Å²) in [5.74, 6) is -0.253. The molecule has 2 rings (SSSR count). The first-order valence-corrected chi connectivity index (χ1v) is 17.1. The second-order valence-corrected chi connectivity index (χ2v) is 11.8. The maximum absolute atomic E-state index is 13.1. The lowest BCUT2D eigenvalue weighted by molar-refractivity contribution is -0.129. The van der Waals surface area contributed by atoms with E-state index in [9.17, 15) is 9.59 Å². The van der Waals surface area contributed by atoms with E-state index in [2.05, 4.69) is 48.4 Å². The van der Waals surface area contributed by atoms with Crippen molar-refractivity contribution in [3.63, 3.8) is 0 Å². The second kappa shape index (κ2) is 25.5. The van der Waals surface area contributed by atoms with Gasteiger partial charge in [-0.25, -0.2) is 4.98 Å². The van der Waals surface area contributed by atoms with Gasteiger partial charge in [0.05, 0.1) is 12.9 Å². The predicted octanol–water partition coefficient (Wildman–Crippen LogP) is 3.12. The van der Waals surface area contributed by atoms with Gasteiger partial charge in [0.1, 0.15) is 6.04 Å². The first-order valence-electron chi connectivity index (χ1n) is 17.1. The molecule has 242 valence electrons. The average molecular weight is 591 g/mol. The van der Waals surface area contributed by atoms with Crippen molar-refractivity contribution in [2.24, 2.45) is 0 Å². The molecule has 0 saturated carbocycles. The number of imidazole rings is 1. The van der Waals surface area contributed by atoms with Crippen LogP contribution in [0.5, 0.6) is 0 Å². The summed E-state index contributed by atoms with van der Waals surface area (Å²) < 4.78 is 0. The smallest absolute Gasteiger partial charge is 0.242 e. The van der Waals surface area contributed by atoms with E-state index in [-0.39, 0.29) is 18.4 Å². The molecule has 2 amide bonds. The van der Waals surface area contributed by atoms with Crippen LogP contribution in [0.2, 0.25) is 0 Å². The maximum Gasteiger partial charge on any atom is 0.242 e. The predicted molar refractivity (Wildman–Crippen MR) is 173 cm³/mol. The third kappa shape index (κ3) is 19.2. The largest absolute Gasteiger partial charge is 0.354 e.